The highest BCUT2D eigenvalue weighted by Crippen LogP contribution is 2.28. The Morgan fingerprint density at radius 1 is 1.15 bits per heavy atom. The van der Waals surface area contributed by atoms with Gasteiger partial charge in [0.15, 0.2) is 13.6 Å². The molecule has 1 fully saturated rings. The minimum absolute atomic E-state index is 0.156. The second kappa shape index (κ2) is 5.51. The molecule has 1 rings (SSSR count). The van der Waals surface area contributed by atoms with Crippen molar-refractivity contribution in [3.63, 3.8) is 0 Å². The maximum atomic E-state index is 5.34. The molecule has 0 aromatic carbocycles. The molecule has 5 nitrogen and oxygen atoms in total. The van der Waals surface area contributed by atoms with Gasteiger partial charge in [-0.3, -0.25) is 0 Å². The Kier molecular flexibility index (Phi) is 4.61. The van der Waals surface area contributed by atoms with Crippen molar-refractivity contribution in [2.75, 3.05) is 34.4 Å². The Hall–Kier alpha value is -0.200. The molecule has 0 N–H and O–H groups in total. The Morgan fingerprint density at radius 2 is 1.77 bits per heavy atom. The van der Waals surface area contributed by atoms with Gasteiger partial charge in [0.05, 0.1) is 6.61 Å². The summed E-state index contributed by atoms with van der Waals surface area (Å²) in [5.74, 6) is -0.952. The summed E-state index contributed by atoms with van der Waals surface area (Å²) in [5.41, 5.74) is 0. The minimum atomic E-state index is -0.952. The molecule has 78 valence electrons. The minimum Gasteiger partial charge on any atom is -0.358 e. The van der Waals surface area contributed by atoms with Crippen molar-refractivity contribution < 1.29 is 23.7 Å². The molecule has 0 aromatic heterocycles. The zero-order valence-corrected chi connectivity index (χ0v) is 8.08. The van der Waals surface area contributed by atoms with Gasteiger partial charge in [-0.2, -0.15) is 0 Å². The molecule has 0 spiro atoms. The van der Waals surface area contributed by atoms with E-state index in [1.54, 1.807) is 14.2 Å². The van der Waals surface area contributed by atoms with Gasteiger partial charge in [0.1, 0.15) is 0 Å². The lowest BCUT2D eigenvalue weighted by molar-refractivity contribution is -0.393. The first-order chi connectivity index (χ1) is 6.33. The first-order valence-corrected chi connectivity index (χ1v) is 4.23. The van der Waals surface area contributed by atoms with Crippen molar-refractivity contribution in [2.45, 2.75) is 18.8 Å². The average Bonchev–Trinajstić information content (AvgIpc) is 2.61. The summed E-state index contributed by atoms with van der Waals surface area (Å²) in [6.07, 6.45) is 1.63. The van der Waals surface area contributed by atoms with Crippen molar-refractivity contribution in [1.29, 1.82) is 0 Å². The Labute approximate surface area is 77.9 Å². The molecule has 1 heterocycles. The first kappa shape index (κ1) is 10.9. The average molecular weight is 192 g/mol. The van der Waals surface area contributed by atoms with Crippen LogP contribution in [-0.2, 0) is 23.7 Å². The van der Waals surface area contributed by atoms with E-state index in [0.29, 0.717) is 13.0 Å². The number of hydrogen-bond acceptors (Lipinski definition) is 5. The van der Waals surface area contributed by atoms with Crippen molar-refractivity contribution in [1.82, 2.24) is 0 Å². The van der Waals surface area contributed by atoms with Crippen LogP contribution < -0.4 is 0 Å². The molecular formula is C8H16O5. The Morgan fingerprint density at radius 3 is 2.15 bits per heavy atom. The van der Waals surface area contributed by atoms with E-state index in [-0.39, 0.29) is 13.6 Å². The summed E-state index contributed by atoms with van der Waals surface area (Å²) in [7, 11) is 3.11. The van der Waals surface area contributed by atoms with E-state index in [2.05, 4.69) is 0 Å². The normalized spacial score (nSPS) is 20.8. The van der Waals surface area contributed by atoms with Crippen molar-refractivity contribution in [2.24, 2.45) is 0 Å². The SMILES string of the molecule is COCOC1(OCOC)CCCO1. The topological polar surface area (TPSA) is 46.2 Å². The number of hydrogen-bond donors (Lipinski definition) is 0. The fourth-order valence-electron chi connectivity index (χ4n) is 1.16. The van der Waals surface area contributed by atoms with Crippen molar-refractivity contribution in [3.05, 3.63) is 0 Å². The van der Waals surface area contributed by atoms with E-state index in [1.807, 2.05) is 0 Å². The molecule has 1 saturated heterocycles. The van der Waals surface area contributed by atoms with Gasteiger partial charge in [-0.15, -0.1) is 0 Å². The lowest BCUT2D eigenvalue weighted by Gasteiger charge is -2.27. The predicted molar refractivity (Wildman–Crippen MR) is 43.8 cm³/mol. The summed E-state index contributed by atoms with van der Waals surface area (Å²) < 4.78 is 25.5. The molecule has 0 atom stereocenters. The highest BCUT2D eigenvalue weighted by molar-refractivity contribution is 4.63. The monoisotopic (exact) mass is 192 g/mol. The third-order valence-electron chi connectivity index (χ3n) is 1.74. The largest absolute Gasteiger partial charge is 0.358 e. The van der Waals surface area contributed by atoms with E-state index in [0.717, 1.165) is 6.42 Å². The fourth-order valence-corrected chi connectivity index (χ4v) is 1.16. The zero-order valence-electron chi connectivity index (χ0n) is 8.08. The maximum Gasteiger partial charge on any atom is 0.287 e. The van der Waals surface area contributed by atoms with Crippen LogP contribution in [0, 0.1) is 0 Å². The summed E-state index contributed by atoms with van der Waals surface area (Å²) in [5, 5.41) is 0. The van der Waals surface area contributed by atoms with Gasteiger partial charge in [-0.1, -0.05) is 0 Å². The van der Waals surface area contributed by atoms with Crippen LogP contribution in [0.3, 0.4) is 0 Å². The van der Waals surface area contributed by atoms with Crippen LogP contribution >= 0.6 is 0 Å². The van der Waals surface area contributed by atoms with Crippen LogP contribution in [0.4, 0.5) is 0 Å². The molecule has 0 aliphatic carbocycles. The zero-order chi connectivity index (χ0) is 9.57. The van der Waals surface area contributed by atoms with Gasteiger partial charge < -0.3 is 23.7 Å². The number of rotatable bonds is 6. The predicted octanol–water partition coefficient (Wildman–Crippen LogP) is 0.692. The molecule has 0 amide bonds. The molecule has 0 saturated carbocycles. The number of ether oxygens (including phenoxy) is 5. The Bertz CT molecular complexity index is 122. The summed E-state index contributed by atoms with van der Waals surface area (Å²) >= 11 is 0. The van der Waals surface area contributed by atoms with Crippen LogP contribution in [0.1, 0.15) is 12.8 Å². The molecule has 0 bridgehead atoms. The van der Waals surface area contributed by atoms with Crippen LogP contribution in [0.2, 0.25) is 0 Å². The Balaban J connectivity index is 2.33. The fraction of sp³-hybridized carbons (Fsp3) is 1.00. The van der Waals surface area contributed by atoms with E-state index >= 15 is 0 Å². The second-order valence-electron chi connectivity index (χ2n) is 2.74. The maximum absolute atomic E-state index is 5.34. The standard InChI is InChI=1S/C8H16O5/c1-9-6-12-8(13-7-10-2)4-3-5-11-8/h3-7H2,1-2H3. The van der Waals surface area contributed by atoms with Gasteiger partial charge in [-0.25, -0.2) is 0 Å². The summed E-state index contributed by atoms with van der Waals surface area (Å²) in [6.45, 7) is 0.959. The molecule has 0 unspecified atom stereocenters. The molecular weight excluding hydrogens is 176 g/mol. The molecule has 1 aliphatic rings. The highest BCUT2D eigenvalue weighted by atomic mass is 16.9. The summed E-state index contributed by atoms with van der Waals surface area (Å²) in [6, 6.07) is 0. The lowest BCUT2D eigenvalue weighted by atomic mass is 10.3. The first-order valence-electron chi connectivity index (χ1n) is 4.23. The smallest absolute Gasteiger partial charge is 0.287 e. The van der Waals surface area contributed by atoms with Gasteiger partial charge in [0.2, 0.25) is 0 Å². The third kappa shape index (κ3) is 3.21. The van der Waals surface area contributed by atoms with Crippen molar-refractivity contribution in [3.8, 4) is 0 Å². The molecule has 13 heavy (non-hydrogen) atoms. The van der Waals surface area contributed by atoms with Crippen LogP contribution in [0.15, 0.2) is 0 Å². The second-order valence-corrected chi connectivity index (χ2v) is 2.74. The number of methoxy groups -OCH3 is 2. The van der Waals surface area contributed by atoms with Gasteiger partial charge in [0, 0.05) is 20.6 Å². The molecule has 5 heteroatoms. The van der Waals surface area contributed by atoms with Gasteiger partial charge in [0.25, 0.3) is 5.97 Å². The van der Waals surface area contributed by atoms with E-state index in [9.17, 15) is 0 Å². The van der Waals surface area contributed by atoms with E-state index < -0.39 is 5.97 Å². The van der Waals surface area contributed by atoms with Gasteiger partial charge >= 0.3 is 0 Å². The molecule has 1 aliphatic heterocycles. The van der Waals surface area contributed by atoms with Crippen LogP contribution in [0.5, 0.6) is 0 Å². The van der Waals surface area contributed by atoms with E-state index in [4.69, 9.17) is 23.7 Å². The van der Waals surface area contributed by atoms with Crippen LogP contribution in [-0.4, -0.2) is 40.4 Å². The molecule has 0 aromatic rings. The van der Waals surface area contributed by atoms with Crippen molar-refractivity contribution >= 4 is 0 Å². The van der Waals surface area contributed by atoms with E-state index in [1.165, 1.54) is 0 Å². The lowest BCUT2D eigenvalue weighted by Crippen LogP contribution is -2.36. The highest BCUT2D eigenvalue weighted by Gasteiger charge is 2.37. The third-order valence-corrected chi connectivity index (χ3v) is 1.74. The molecule has 0 radical (unpaired) electrons. The summed E-state index contributed by atoms with van der Waals surface area (Å²) in [4.78, 5) is 0. The quantitative estimate of drug-likeness (QED) is 0.579. The van der Waals surface area contributed by atoms with Gasteiger partial charge in [-0.05, 0) is 6.42 Å². The van der Waals surface area contributed by atoms with Crippen LogP contribution in [0.25, 0.3) is 0 Å².